The first-order valence-corrected chi connectivity index (χ1v) is 5.35. The first kappa shape index (κ1) is 12.1. The van der Waals surface area contributed by atoms with E-state index in [2.05, 4.69) is 15.4 Å². The molecular formula is C9H11ClN5O2-. The molecule has 0 unspecified atom stereocenters. The third kappa shape index (κ3) is 3.27. The lowest BCUT2D eigenvalue weighted by atomic mass is 10.3. The molecule has 8 heteroatoms. The molecule has 2 rings (SSSR count). The minimum absolute atomic E-state index is 0.345. The Kier molecular flexibility index (Phi) is 3.75. The average molecular weight is 257 g/mol. The van der Waals surface area contributed by atoms with Gasteiger partial charge in [-0.25, -0.2) is 4.98 Å². The van der Waals surface area contributed by atoms with E-state index in [1.165, 1.54) is 0 Å². The second-order valence-corrected chi connectivity index (χ2v) is 3.89. The van der Waals surface area contributed by atoms with E-state index in [-0.39, 0.29) is 5.34 Å². The minimum atomic E-state index is -0.364. The number of hydrazine groups is 1. The van der Waals surface area contributed by atoms with Gasteiger partial charge in [0, 0.05) is 19.3 Å². The van der Waals surface area contributed by atoms with Crippen molar-refractivity contribution < 1.29 is 5.21 Å². The zero-order valence-electron chi connectivity index (χ0n) is 8.88. The molecule has 0 bridgehead atoms. The van der Waals surface area contributed by atoms with Crippen LogP contribution in [0.1, 0.15) is 5.56 Å². The van der Waals surface area contributed by atoms with Crippen LogP contribution < -0.4 is 5.43 Å². The molecule has 0 saturated heterocycles. The molecule has 1 aromatic rings. The minimum Gasteiger partial charge on any atom is -0.744 e. The number of aromatic nitrogens is 1. The number of nitrogens with zero attached hydrogens (tertiary/aromatic N) is 4. The van der Waals surface area contributed by atoms with E-state index >= 15 is 0 Å². The Bertz CT molecular complexity index is 408. The summed E-state index contributed by atoms with van der Waals surface area (Å²) in [6.07, 6.45) is 1.66. The lowest BCUT2D eigenvalue weighted by Crippen LogP contribution is -2.44. The topological polar surface area (TPSA) is 87.0 Å². The number of hydrogen-bond donors (Lipinski definition) is 2. The molecule has 0 amide bonds. The van der Waals surface area contributed by atoms with Gasteiger partial charge in [-0.3, -0.25) is 10.4 Å². The normalized spacial score (nSPS) is 15.3. The molecule has 2 N–H and O–H groups in total. The molecule has 0 radical (unpaired) electrons. The van der Waals surface area contributed by atoms with E-state index < -0.39 is 0 Å². The fraction of sp³-hybridized carbons (Fsp3) is 0.333. The van der Waals surface area contributed by atoms with Crippen LogP contribution in [0.2, 0.25) is 5.15 Å². The van der Waals surface area contributed by atoms with Crippen LogP contribution in [0.4, 0.5) is 0 Å². The van der Waals surface area contributed by atoms with Crippen LogP contribution in [0.5, 0.6) is 0 Å². The van der Waals surface area contributed by atoms with Gasteiger partial charge < -0.3 is 15.3 Å². The summed E-state index contributed by atoms with van der Waals surface area (Å²) >= 11 is 5.68. The fourth-order valence-electron chi connectivity index (χ4n) is 1.55. The summed E-state index contributed by atoms with van der Waals surface area (Å²) in [4.78, 5) is 9.84. The van der Waals surface area contributed by atoms with Crippen molar-refractivity contribution in [3.05, 3.63) is 34.3 Å². The highest BCUT2D eigenvalue weighted by Gasteiger charge is 2.17. The van der Waals surface area contributed by atoms with Crippen LogP contribution in [0, 0.1) is 5.21 Å². The Hall–Kier alpha value is -1.41. The maximum absolute atomic E-state index is 10.5. The SMILES string of the molecule is [O-]N(O)NC1=NCCN1Cc1ccc(Cl)nc1. The Morgan fingerprint density at radius 3 is 3.06 bits per heavy atom. The highest BCUT2D eigenvalue weighted by molar-refractivity contribution is 6.29. The average Bonchev–Trinajstić information content (AvgIpc) is 2.68. The van der Waals surface area contributed by atoms with Gasteiger partial charge in [0.1, 0.15) is 5.15 Å². The zero-order valence-corrected chi connectivity index (χ0v) is 9.63. The van der Waals surface area contributed by atoms with Gasteiger partial charge in [0.25, 0.3) is 0 Å². The van der Waals surface area contributed by atoms with Crippen molar-refractivity contribution in [2.24, 2.45) is 4.99 Å². The number of halogens is 1. The van der Waals surface area contributed by atoms with Crippen molar-refractivity contribution >= 4 is 17.6 Å². The van der Waals surface area contributed by atoms with Crippen LogP contribution in [-0.2, 0) is 6.54 Å². The van der Waals surface area contributed by atoms with Gasteiger partial charge in [-0.1, -0.05) is 17.7 Å². The van der Waals surface area contributed by atoms with Crippen LogP contribution in [-0.4, -0.2) is 39.5 Å². The number of aliphatic imine (C=N–C) groups is 1. The summed E-state index contributed by atoms with van der Waals surface area (Å²) in [5.74, 6) is 0.345. The van der Waals surface area contributed by atoms with E-state index in [9.17, 15) is 5.21 Å². The van der Waals surface area contributed by atoms with E-state index in [0.29, 0.717) is 30.7 Å². The summed E-state index contributed by atoms with van der Waals surface area (Å²) in [5, 5.41) is 19.1. The molecule has 0 atom stereocenters. The Morgan fingerprint density at radius 1 is 1.59 bits per heavy atom. The predicted octanol–water partition coefficient (Wildman–Crippen LogP) is 0.600. The Balaban J connectivity index is 1.99. The number of rotatable bonds is 3. The van der Waals surface area contributed by atoms with Gasteiger partial charge in [-0.15, -0.1) is 0 Å². The quantitative estimate of drug-likeness (QED) is 0.608. The summed E-state index contributed by atoms with van der Waals surface area (Å²) in [6, 6.07) is 3.54. The second kappa shape index (κ2) is 5.28. The highest BCUT2D eigenvalue weighted by atomic mass is 35.5. The first-order valence-electron chi connectivity index (χ1n) is 4.98. The van der Waals surface area contributed by atoms with Crippen LogP contribution in [0.25, 0.3) is 0 Å². The molecule has 1 aliphatic rings. The Morgan fingerprint density at radius 2 is 2.41 bits per heavy atom. The molecule has 0 aromatic carbocycles. The first-order chi connectivity index (χ1) is 8.15. The molecule has 1 aromatic heterocycles. The number of guanidine groups is 1. The fourth-order valence-corrected chi connectivity index (χ4v) is 1.66. The second-order valence-electron chi connectivity index (χ2n) is 3.50. The molecule has 2 heterocycles. The zero-order chi connectivity index (χ0) is 12.3. The molecule has 0 spiro atoms. The van der Waals surface area contributed by atoms with Crippen molar-refractivity contribution in [1.82, 2.24) is 20.6 Å². The number of pyridine rings is 1. The van der Waals surface area contributed by atoms with Gasteiger partial charge in [0.05, 0.1) is 6.54 Å². The van der Waals surface area contributed by atoms with Gasteiger partial charge in [-0.2, -0.15) is 5.34 Å². The van der Waals surface area contributed by atoms with E-state index in [1.54, 1.807) is 12.3 Å². The van der Waals surface area contributed by atoms with Gasteiger partial charge in [0.15, 0.2) is 0 Å². The van der Waals surface area contributed by atoms with Crippen molar-refractivity contribution in [2.45, 2.75) is 6.54 Å². The summed E-state index contributed by atoms with van der Waals surface area (Å²) in [6.45, 7) is 1.81. The number of hydrogen-bond acceptors (Lipinski definition) is 7. The Labute approximate surface area is 103 Å². The molecular weight excluding hydrogens is 246 g/mol. The van der Waals surface area contributed by atoms with E-state index in [4.69, 9.17) is 16.8 Å². The van der Waals surface area contributed by atoms with Gasteiger partial charge in [0.2, 0.25) is 5.96 Å². The van der Waals surface area contributed by atoms with Crippen molar-refractivity contribution in [3.8, 4) is 0 Å². The molecule has 17 heavy (non-hydrogen) atoms. The molecule has 0 aliphatic carbocycles. The van der Waals surface area contributed by atoms with Gasteiger partial charge in [-0.05, 0) is 11.6 Å². The lowest BCUT2D eigenvalue weighted by molar-refractivity contribution is -0.0703. The lowest BCUT2D eigenvalue weighted by Gasteiger charge is -2.27. The van der Waals surface area contributed by atoms with E-state index in [0.717, 1.165) is 5.56 Å². The molecule has 0 saturated carbocycles. The highest BCUT2D eigenvalue weighted by Crippen LogP contribution is 2.10. The molecule has 0 fully saturated rings. The molecule has 7 nitrogen and oxygen atoms in total. The van der Waals surface area contributed by atoms with Crippen LogP contribution in [0.3, 0.4) is 0 Å². The largest absolute Gasteiger partial charge is 0.744 e. The van der Waals surface area contributed by atoms with Crippen molar-refractivity contribution in [2.75, 3.05) is 13.1 Å². The van der Waals surface area contributed by atoms with Crippen LogP contribution >= 0.6 is 11.6 Å². The third-order valence-corrected chi connectivity index (χ3v) is 2.51. The van der Waals surface area contributed by atoms with Crippen molar-refractivity contribution in [1.29, 1.82) is 0 Å². The third-order valence-electron chi connectivity index (χ3n) is 2.29. The standard InChI is InChI=1S/C9H11ClN5O2/c10-8-2-1-7(5-12-8)6-14-4-3-11-9(14)13-15(16)17/h1-2,5,16H,3-4,6H2,(H,11,13)/q-1. The van der Waals surface area contributed by atoms with Crippen molar-refractivity contribution in [3.63, 3.8) is 0 Å². The summed E-state index contributed by atoms with van der Waals surface area (Å²) in [7, 11) is 0. The van der Waals surface area contributed by atoms with Gasteiger partial charge >= 0.3 is 0 Å². The summed E-state index contributed by atoms with van der Waals surface area (Å²) in [5.41, 5.74) is 3.13. The predicted molar refractivity (Wildman–Crippen MR) is 62.1 cm³/mol. The molecule has 92 valence electrons. The summed E-state index contributed by atoms with van der Waals surface area (Å²) < 4.78 is 0. The van der Waals surface area contributed by atoms with Crippen LogP contribution in [0.15, 0.2) is 23.3 Å². The monoisotopic (exact) mass is 256 g/mol. The smallest absolute Gasteiger partial charge is 0.210 e. The maximum Gasteiger partial charge on any atom is 0.210 e. The maximum atomic E-state index is 10.5. The number of nitrogens with one attached hydrogen (secondary N) is 1. The van der Waals surface area contributed by atoms with E-state index in [1.807, 2.05) is 11.0 Å². The molecule has 1 aliphatic heterocycles.